The molecule has 2 aromatic rings. The third kappa shape index (κ3) is 1.65. The highest BCUT2D eigenvalue weighted by molar-refractivity contribution is 6.33. The van der Waals surface area contributed by atoms with Crippen LogP contribution in [-0.2, 0) is 0 Å². The van der Waals surface area contributed by atoms with E-state index in [0.717, 1.165) is 24.2 Å². The number of hydrogen-bond donors (Lipinski definition) is 1. The smallest absolute Gasteiger partial charge is 0.157 e. The lowest BCUT2D eigenvalue weighted by molar-refractivity contribution is 0.629. The van der Waals surface area contributed by atoms with Gasteiger partial charge >= 0.3 is 0 Å². The second kappa shape index (κ2) is 4.34. The van der Waals surface area contributed by atoms with Gasteiger partial charge < -0.3 is 5.73 Å². The van der Waals surface area contributed by atoms with Crippen LogP contribution in [0.1, 0.15) is 38.3 Å². The van der Waals surface area contributed by atoms with E-state index in [1.807, 2.05) is 22.7 Å². The van der Waals surface area contributed by atoms with Crippen molar-refractivity contribution in [2.24, 2.45) is 0 Å². The number of nitrogens with zero attached hydrogens (tertiary/aromatic N) is 2. The Morgan fingerprint density at radius 3 is 2.69 bits per heavy atom. The fraction of sp³-hybridized carbons (Fsp3) is 0.417. The number of hydrogen-bond acceptors (Lipinski definition) is 2. The minimum Gasteiger partial charge on any atom is -0.383 e. The van der Waals surface area contributed by atoms with Gasteiger partial charge in [0.25, 0.3) is 0 Å². The molecule has 0 amide bonds. The number of nitrogen functional groups attached to an aromatic ring is 1. The van der Waals surface area contributed by atoms with Crippen LogP contribution in [0.15, 0.2) is 18.3 Å². The van der Waals surface area contributed by atoms with Crippen molar-refractivity contribution in [3.05, 3.63) is 29.0 Å². The van der Waals surface area contributed by atoms with Gasteiger partial charge in [-0.05, 0) is 25.0 Å². The zero-order valence-electron chi connectivity index (χ0n) is 9.57. The molecule has 3 nitrogen and oxygen atoms in total. The summed E-state index contributed by atoms with van der Waals surface area (Å²) in [6.07, 6.45) is 3.99. The SMILES string of the molecule is CCC(CC)c1nc2c(Cl)cccn2c1N. The predicted octanol–water partition coefficient (Wildman–Crippen LogP) is 3.47. The molecule has 2 rings (SSSR count). The fourth-order valence-corrected chi connectivity index (χ4v) is 2.25. The lowest BCUT2D eigenvalue weighted by Gasteiger charge is -2.09. The average Bonchev–Trinajstić information content (AvgIpc) is 2.61. The van der Waals surface area contributed by atoms with Crippen LogP contribution in [0.3, 0.4) is 0 Å². The highest BCUT2D eigenvalue weighted by Gasteiger charge is 2.17. The van der Waals surface area contributed by atoms with Gasteiger partial charge in [0.1, 0.15) is 5.82 Å². The Morgan fingerprint density at radius 1 is 1.44 bits per heavy atom. The van der Waals surface area contributed by atoms with E-state index in [2.05, 4.69) is 18.8 Å². The van der Waals surface area contributed by atoms with Crippen molar-refractivity contribution in [1.82, 2.24) is 9.38 Å². The van der Waals surface area contributed by atoms with E-state index in [9.17, 15) is 0 Å². The Balaban J connectivity index is 2.64. The van der Waals surface area contributed by atoms with Gasteiger partial charge in [0.05, 0.1) is 10.7 Å². The van der Waals surface area contributed by atoms with Crippen LogP contribution >= 0.6 is 11.6 Å². The molecule has 16 heavy (non-hydrogen) atoms. The van der Waals surface area contributed by atoms with Crippen LogP contribution in [0.4, 0.5) is 5.82 Å². The highest BCUT2D eigenvalue weighted by Crippen LogP contribution is 2.30. The van der Waals surface area contributed by atoms with Gasteiger partial charge in [-0.1, -0.05) is 25.4 Å². The first-order valence-corrected chi connectivity index (χ1v) is 5.98. The van der Waals surface area contributed by atoms with Crippen LogP contribution < -0.4 is 5.73 Å². The number of fused-ring (bicyclic) bond motifs is 1. The summed E-state index contributed by atoms with van der Waals surface area (Å²) in [5, 5.41) is 0.645. The summed E-state index contributed by atoms with van der Waals surface area (Å²) >= 11 is 6.09. The molecule has 0 saturated carbocycles. The van der Waals surface area contributed by atoms with Crippen LogP contribution in [0.25, 0.3) is 5.65 Å². The number of rotatable bonds is 3. The number of aromatic nitrogens is 2. The summed E-state index contributed by atoms with van der Waals surface area (Å²) in [4.78, 5) is 4.56. The number of nitrogens with two attached hydrogens (primary N) is 1. The zero-order valence-corrected chi connectivity index (χ0v) is 10.3. The van der Waals surface area contributed by atoms with Crippen molar-refractivity contribution in [2.75, 3.05) is 5.73 Å². The van der Waals surface area contributed by atoms with Gasteiger partial charge in [0.2, 0.25) is 0 Å². The number of anilines is 1. The first-order chi connectivity index (χ1) is 7.69. The quantitative estimate of drug-likeness (QED) is 0.888. The van der Waals surface area contributed by atoms with Gasteiger partial charge in [0, 0.05) is 12.1 Å². The first kappa shape index (κ1) is 11.3. The summed E-state index contributed by atoms with van der Waals surface area (Å²) < 4.78 is 1.86. The Bertz CT molecular complexity index is 500. The summed E-state index contributed by atoms with van der Waals surface area (Å²) in [6.45, 7) is 4.30. The molecule has 0 aliphatic rings. The Labute approximate surface area is 100 Å². The summed E-state index contributed by atoms with van der Waals surface area (Å²) in [7, 11) is 0. The monoisotopic (exact) mass is 237 g/mol. The third-order valence-corrected chi connectivity index (χ3v) is 3.34. The maximum absolute atomic E-state index is 6.10. The molecule has 4 heteroatoms. The second-order valence-corrected chi connectivity index (χ2v) is 4.35. The Kier molecular flexibility index (Phi) is 3.06. The van der Waals surface area contributed by atoms with Crippen molar-refractivity contribution in [3.8, 4) is 0 Å². The minimum atomic E-state index is 0.413. The molecule has 2 heterocycles. The molecule has 0 aliphatic carbocycles. The molecular weight excluding hydrogens is 222 g/mol. The van der Waals surface area contributed by atoms with Crippen LogP contribution in [0.5, 0.6) is 0 Å². The van der Waals surface area contributed by atoms with E-state index in [0.29, 0.717) is 16.8 Å². The standard InChI is InChI=1S/C12H16ClN3/c1-3-8(4-2)10-11(14)16-7-5-6-9(13)12(16)15-10/h5-8H,3-4,14H2,1-2H3. The molecule has 0 atom stereocenters. The topological polar surface area (TPSA) is 43.3 Å². The molecule has 86 valence electrons. The number of pyridine rings is 1. The summed E-state index contributed by atoms with van der Waals surface area (Å²) in [5.41, 5.74) is 7.83. The van der Waals surface area contributed by atoms with E-state index in [4.69, 9.17) is 17.3 Å². The first-order valence-electron chi connectivity index (χ1n) is 5.61. The molecule has 0 aromatic carbocycles. The summed E-state index contributed by atoms with van der Waals surface area (Å²) in [6, 6.07) is 3.71. The van der Waals surface area contributed by atoms with Gasteiger partial charge in [-0.2, -0.15) is 0 Å². The average molecular weight is 238 g/mol. The van der Waals surface area contributed by atoms with Crippen LogP contribution in [-0.4, -0.2) is 9.38 Å². The Hall–Kier alpha value is -1.22. The van der Waals surface area contributed by atoms with Crippen molar-refractivity contribution < 1.29 is 0 Å². The molecule has 0 aliphatic heterocycles. The van der Waals surface area contributed by atoms with E-state index < -0.39 is 0 Å². The molecule has 0 fully saturated rings. The largest absolute Gasteiger partial charge is 0.383 e. The maximum Gasteiger partial charge on any atom is 0.157 e. The summed E-state index contributed by atoms with van der Waals surface area (Å²) in [5.74, 6) is 1.13. The van der Waals surface area contributed by atoms with Crippen molar-refractivity contribution in [1.29, 1.82) is 0 Å². The van der Waals surface area contributed by atoms with E-state index in [-0.39, 0.29) is 0 Å². The molecule has 0 unspecified atom stereocenters. The molecule has 2 N–H and O–H groups in total. The molecule has 0 spiro atoms. The normalized spacial score (nSPS) is 11.5. The number of imidazole rings is 1. The van der Waals surface area contributed by atoms with Crippen LogP contribution in [0.2, 0.25) is 5.02 Å². The Morgan fingerprint density at radius 2 is 2.12 bits per heavy atom. The fourth-order valence-electron chi connectivity index (χ4n) is 2.05. The van der Waals surface area contributed by atoms with E-state index in [1.54, 1.807) is 0 Å². The third-order valence-electron chi connectivity index (χ3n) is 3.04. The van der Waals surface area contributed by atoms with Gasteiger partial charge in [-0.25, -0.2) is 4.98 Å². The lowest BCUT2D eigenvalue weighted by atomic mass is 10.00. The van der Waals surface area contributed by atoms with Crippen LogP contribution in [0, 0.1) is 0 Å². The second-order valence-electron chi connectivity index (χ2n) is 3.95. The zero-order chi connectivity index (χ0) is 11.7. The van der Waals surface area contributed by atoms with Crippen molar-refractivity contribution in [2.45, 2.75) is 32.6 Å². The lowest BCUT2D eigenvalue weighted by Crippen LogP contribution is -2.01. The highest BCUT2D eigenvalue weighted by atomic mass is 35.5. The molecule has 0 bridgehead atoms. The van der Waals surface area contributed by atoms with E-state index >= 15 is 0 Å². The molecule has 2 aromatic heterocycles. The van der Waals surface area contributed by atoms with Gasteiger partial charge in [-0.15, -0.1) is 0 Å². The van der Waals surface area contributed by atoms with E-state index in [1.165, 1.54) is 0 Å². The molecule has 0 radical (unpaired) electrons. The molecular formula is C12H16ClN3. The number of halogens is 1. The van der Waals surface area contributed by atoms with Gasteiger partial charge in [0.15, 0.2) is 5.65 Å². The maximum atomic E-state index is 6.10. The van der Waals surface area contributed by atoms with Gasteiger partial charge in [-0.3, -0.25) is 4.40 Å². The minimum absolute atomic E-state index is 0.413. The molecule has 0 saturated heterocycles. The predicted molar refractivity (Wildman–Crippen MR) is 67.9 cm³/mol. The van der Waals surface area contributed by atoms with Crippen molar-refractivity contribution >= 4 is 23.1 Å². The van der Waals surface area contributed by atoms with Crippen molar-refractivity contribution in [3.63, 3.8) is 0 Å².